The van der Waals surface area contributed by atoms with Crippen LogP contribution in [-0.4, -0.2) is 23.6 Å². The van der Waals surface area contributed by atoms with Gasteiger partial charge in [-0.05, 0) is 47.9 Å². The number of hydrogen-bond acceptors (Lipinski definition) is 4. The van der Waals surface area contributed by atoms with E-state index in [9.17, 15) is 19.2 Å². The summed E-state index contributed by atoms with van der Waals surface area (Å²) in [4.78, 5) is 56.2. The molecule has 2 saturated heterocycles. The molecule has 2 aliphatic heterocycles. The van der Waals surface area contributed by atoms with Gasteiger partial charge in [-0.15, -0.1) is 0 Å². The molecule has 4 fully saturated rings. The number of fused-ring (bicyclic) bond motifs is 1. The van der Waals surface area contributed by atoms with Gasteiger partial charge in [-0.3, -0.25) is 29.0 Å². The number of rotatable bonds is 2. The summed E-state index contributed by atoms with van der Waals surface area (Å²) in [6.07, 6.45) is 4.07. The van der Waals surface area contributed by atoms with E-state index in [0.29, 0.717) is 11.4 Å². The van der Waals surface area contributed by atoms with E-state index in [4.69, 9.17) is 0 Å². The molecule has 6 nitrogen and oxygen atoms in total. The van der Waals surface area contributed by atoms with Crippen molar-refractivity contribution < 1.29 is 19.2 Å². The SMILES string of the molecule is O=C1[C@@H]2[C@H]3C=C[C@@H]([C@@H]2C(=O)N1c1ccccc1)[C@@H]1[C@@H]2C(=O)N(c4ccccc4)C(=O)[C@H]2[C@@H]31. The first-order valence-electron chi connectivity index (χ1n) is 11.1. The lowest BCUT2D eigenvalue weighted by atomic mass is 9.40. The van der Waals surface area contributed by atoms with Crippen molar-refractivity contribution >= 4 is 35.0 Å². The van der Waals surface area contributed by atoms with Crippen LogP contribution in [0.3, 0.4) is 0 Å². The molecule has 2 saturated carbocycles. The van der Waals surface area contributed by atoms with Crippen LogP contribution in [-0.2, 0) is 19.2 Å². The van der Waals surface area contributed by atoms with Crippen molar-refractivity contribution in [1.29, 1.82) is 0 Å². The van der Waals surface area contributed by atoms with Crippen LogP contribution >= 0.6 is 0 Å². The molecule has 158 valence electrons. The van der Waals surface area contributed by atoms with Gasteiger partial charge in [0.1, 0.15) is 0 Å². The zero-order chi connectivity index (χ0) is 21.7. The molecule has 2 bridgehead atoms. The highest BCUT2D eigenvalue weighted by Gasteiger charge is 2.75. The minimum absolute atomic E-state index is 0.0612. The highest BCUT2D eigenvalue weighted by Crippen LogP contribution is 2.68. The number of nitrogens with zero attached hydrogens (tertiary/aromatic N) is 2. The molecule has 8 rings (SSSR count). The minimum atomic E-state index is -0.450. The lowest BCUT2D eigenvalue weighted by Gasteiger charge is -2.60. The third kappa shape index (κ3) is 1.96. The third-order valence-corrected chi connectivity index (χ3v) is 8.37. The Balaban J connectivity index is 1.27. The summed E-state index contributed by atoms with van der Waals surface area (Å²) in [6, 6.07) is 18.1. The Morgan fingerprint density at radius 3 is 1.19 bits per heavy atom. The van der Waals surface area contributed by atoms with E-state index >= 15 is 0 Å². The molecule has 2 heterocycles. The Morgan fingerprint density at radius 2 is 0.812 bits per heavy atom. The number of allylic oxidation sites excluding steroid dienone is 2. The van der Waals surface area contributed by atoms with E-state index in [-0.39, 0.29) is 47.3 Å². The fourth-order valence-electron chi connectivity index (χ4n) is 7.26. The largest absolute Gasteiger partial charge is 0.274 e. The monoisotopic (exact) mass is 424 g/mol. The second-order valence-corrected chi connectivity index (χ2v) is 9.49. The van der Waals surface area contributed by atoms with E-state index in [1.54, 1.807) is 24.3 Å². The quantitative estimate of drug-likeness (QED) is 0.549. The number of imide groups is 2. The molecule has 4 aliphatic carbocycles. The molecule has 2 aromatic carbocycles. The molecular formula is C26H20N2O4. The molecule has 0 N–H and O–H groups in total. The van der Waals surface area contributed by atoms with Gasteiger partial charge in [-0.1, -0.05) is 48.6 Å². The summed E-state index contributed by atoms with van der Waals surface area (Å²) < 4.78 is 0. The second-order valence-electron chi connectivity index (χ2n) is 9.49. The van der Waals surface area contributed by atoms with Crippen molar-refractivity contribution in [2.45, 2.75) is 0 Å². The summed E-state index contributed by atoms with van der Waals surface area (Å²) in [5, 5.41) is 0. The lowest BCUT2D eigenvalue weighted by Crippen LogP contribution is -2.63. The Morgan fingerprint density at radius 1 is 0.469 bits per heavy atom. The fraction of sp³-hybridized carbons (Fsp3) is 0.308. The fourth-order valence-corrected chi connectivity index (χ4v) is 7.26. The summed E-state index contributed by atoms with van der Waals surface area (Å²) >= 11 is 0. The number of anilines is 2. The minimum Gasteiger partial charge on any atom is -0.274 e. The van der Waals surface area contributed by atoms with E-state index in [1.807, 2.05) is 48.6 Å². The normalized spacial score (nSPS) is 38.6. The smallest absolute Gasteiger partial charge is 0.238 e. The topological polar surface area (TPSA) is 74.8 Å². The molecule has 6 heteroatoms. The van der Waals surface area contributed by atoms with Gasteiger partial charge in [0.25, 0.3) is 0 Å². The van der Waals surface area contributed by atoms with Crippen LogP contribution < -0.4 is 9.80 Å². The van der Waals surface area contributed by atoms with Crippen LogP contribution in [0.5, 0.6) is 0 Å². The maximum absolute atomic E-state index is 13.4. The lowest BCUT2D eigenvalue weighted by molar-refractivity contribution is -0.166. The molecule has 8 atom stereocenters. The highest BCUT2D eigenvalue weighted by molar-refractivity contribution is 6.25. The van der Waals surface area contributed by atoms with Gasteiger partial charge in [-0.25, -0.2) is 0 Å². The molecule has 32 heavy (non-hydrogen) atoms. The van der Waals surface area contributed by atoms with Crippen molar-refractivity contribution in [2.24, 2.45) is 47.3 Å². The number of hydrogen-bond donors (Lipinski definition) is 0. The van der Waals surface area contributed by atoms with Gasteiger partial charge >= 0.3 is 0 Å². The summed E-state index contributed by atoms with van der Waals surface area (Å²) in [7, 11) is 0. The van der Waals surface area contributed by atoms with Gasteiger partial charge in [0.05, 0.1) is 35.0 Å². The first kappa shape index (κ1) is 18.1. The van der Waals surface area contributed by atoms with Crippen molar-refractivity contribution in [3.05, 3.63) is 72.8 Å². The van der Waals surface area contributed by atoms with E-state index < -0.39 is 23.7 Å². The predicted octanol–water partition coefficient (Wildman–Crippen LogP) is 2.66. The molecule has 0 unspecified atom stereocenters. The zero-order valence-corrected chi connectivity index (χ0v) is 17.1. The Labute approximate surface area is 184 Å². The summed E-state index contributed by atoms with van der Waals surface area (Å²) in [5.41, 5.74) is 1.18. The van der Waals surface area contributed by atoms with E-state index in [1.165, 1.54) is 9.80 Å². The van der Waals surface area contributed by atoms with Crippen LogP contribution in [0.4, 0.5) is 11.4 Å². The molecule has 0 aromatic heterocycles. The van der Waals surface area contributed by atoms with Crippen LogP contribution in [0.2, 0.25) is 0 Å². The van der Waals surface area contributed by atoms with Crippen molar-refractivity contribution in [2.75, 3.05) is 9.80 Å². The Kier molecular flexibility index (Phi) is 3.41. The van der Waals surface area contributed by atoms with Gasteiger partial charge in [-0.2, -0.15) is 0 Å². The Bertz CT molecular complexity index is 1170. The Hall–Kier alpha value is -3.54. The van der Waals surface area contributed by atoms with E-state index in [2.05, 4.69) is 0 Å². The van der Waals surface area contributed by atoms with E-state index in [0.717, 1.165) is 0 Å². The van der Waals surface area contributed by atoms with Crippen molar-refractivity contribution in [3.63, 3.8) is 0 Å². The third-order valence-electron chi connectivity index (χ3n) is 8.37. The van der Waals surface area contributed by atoms with Gasteiger partial charge < -0.3 is 0 Å². The zero-order valence-electron chi connectivity index (χ0n) is 17.1. The molecule has 2 aromatic rings. The van der Waals surface area contributed by atoms with Crippen molar-refractivity contribution in [3.8, 4) is 0 Å². The number of amides is 4. The second kappa shape index (κ2) is 6.03. The van der Waals surface area contributed by atoms with Crippen LogP contribution in [0.25, 0.3) is 0 Å². The number of para-hydroxylation sites is 2. The summed E-state index contributed by atoms with van der Waals surface area (Å²) in [5.74, 6) is -2.89. The number of benzene rings is 2. The standard InChI is InChI=1S/C26H20N2O4/c29-23-19-15-11-12-16(20(19)24(30)27(23)13-7-3-1-4-8-13)18-17(15)21-22(18)26(32)28(25(21)31)14-9-5-2-6-10-14/h1-12,15-22H/t15-,16+,17-,18-,19+,20-,21-,22-/m0/s1. The van der Waals surface area contributed by atoms with Gasteiger partial charge in [0, 0.05) is 0 Å². The predicted molar refractivity (Wildman–Crippen MR) is 115 cm³/mol. The molecular weight excluding hydrogens is 404 g/mol. The van der Waals surface area contributed by atoms with Crippen LogP contribution in [0.1, 0.15) is 0 Å². The van der Waals surface area contributed by atoms with Crippen LogP contribution in [0.15, 0.2) is 72.8 Å². The average molecular weight is 424 g/mol. The number of carbonyl (C=O) groups excluding carboxylic acids is 4. The first-order chi connectivity index (χ1) is 15.6. The van der Waals surface area contributed by atoms with Gasteiger partial charge in [0.2, 0.25) is 23.6 Å². The first-order valence-corrected chi connectivity index (χ1v) is 11.1. The van der Waals surface area contributed by atoms with Gasteiger partial charge in [0.15, 0.2) is 0 Å². The molecule has 6 aliphatic rings. The maximum atomic E-state index is 13.4. The average Bonchev–Trinajstić information content (AvgIpc) is 3.19. The molecule has 0 spiro atoms. The summed E-state index contributed by atoms with van der Waals surface area (Å²) in [6.45, 7) is 0. The molecule has 4 amide bonds. The molecule has 0 radical (unpaired) electrons. The highest BCUT2D eigenvalue weighted by atomic mass is 16.2. The van der Waals surface area contributed by atoms with Crippen LogP contribution in [0, 0.1) is 47.3 Å². The number of carbonyl (C=O) groups is 4. The maximum Gasteiger partial charge on any atom is 0.238 e. The van der Waals surface area contributed by atoms with Crippen molar-refractivity contribution in [1.82, 2.24) is 0 Å².